The zero-order chi connectivity index (χ0) is 11.1. The summed E-state index contributed by atoms with van der Waals surface area (Å²) in [6, 6.07) is 9.90. The Kier molecular flexibility index (Phi) is 5.08. The molecule has 0 fully saturated rings. The molecule has 15 heavy (non-hydrogen) atoms. The van der Waals surface area contributed by atoms with Gasteiger partial charge in [-0.3, -0.25) is 0 Å². The third kappa shape index (κ3) is 4.77. The van der Waals surface area contributed by atoms with E-state index in [2.05, 4.69) is 6.58 Å². The van der Waals surface area contributed by atoms with Crippen molar-refractivity contribution in [2.24, 2.45) is 0 Å². The quantitative estimate of drug-likeness (QED) is 0.698. The fraction of sp³-hybridized carbons (Fsp3) is 0.385. The summed E-state index contributed by atoms with van der Waals surface area (Å²) in [5.74, 6) is 0. The van der Waals surface area contributed by atoms with E-state index in [1.807, 2.05) is 30.3 Å². The fourth-order valence-electron chi connectivity index (χ4n) is 1.44. The molecule has 0 amide bonds. The van der Waals surface area contributed by atoms with Crippen LogP contribution in [0.15, 0.2) is 42.5 Å². The van der Waals surface area contributed by atoms with E-state index < -0.39 is 0 Å². The molecule has 0 spiro atoms. The molecule has 0 saturated carbocycles. The summed E-state index contributed by atoms with van der Waals surface area (Å²) in [5, 5.41) is 18.5. The van der Waals surface area contributed by atoms with Crippen molar-refractivity contribution in [3.63, 3.8) is 0 Å². The topological polar surface area (TPSA) is 40.5 Å². The summed E-state index contributed by atoms with van der Waals surface area (Å²) in [7, 11) is 0. The summed E-state index contributed by atoms with van der Waals surface area (Å²) in [5.41, 5.74) is 1.92. The molecule has 1 aromatic rings. The van der Waals surface area contributed by atoms with Gasteiger partial charge in [0.25, 0.3) is 0 Å². The van der Waals surface area contributed by atoms with Crippen LogP contribution in [-0.2, 0) is 6.42 Å². The maximum absolute atomic E-state index is 9.72. The fourth-order valence-corrected chi connectivity index (χ4v) is 1.44. The molecule has 0 aromatic heterocycles. The van der Waals surface area contributed by atoms with E-state index >= 15 is 0 Å². The Labute approximate surface area is 90.9 Å². The van der Waals surface area contributed by atoms with Crippen molar-refractivity contribution >= 4 is 0 Å². The molecule has 0 heterocycles. The highest BCUT2D eigenvalue weighted by atomic mass is 16.3. The van der Waals surface area contributed by atoms with Crippen LogP contribution in [-0.4, -0.2) is 22.9 Å². The zero-order valence-electron chi connectivity index (χ0n) is 8.89. The lowest BCUT2D eigenvalue weighted by atomic mass is 10.0. The summed E-state index contributed by atoms with van der Waals surface area (Å²) >= 11 is 0. The molecule has 0 aliphatic heterocycles. The minimum absolute atomic E-state index is 0.0120. The van der Waals surface area contributed by atoms with E-state index in [9.17, 15) is 5.11 Å². The molecule has 0 radical (unpaired) electrons. The van der Waals surface area contributed by atoms with Gasteiger partial charge in [0.1, 0.15) is 0 Å². The van der Waals surface area contributed by atoms with Crippen LogP contribution >= 0.6 is 0 Å². The van der Waals surface area contributed by atoms with E-state index in [0.717, 1.165) is 11.1 Å². The van der Waals surface area contributed by atoms with Gasteiger partial charge in [0, 0.05) is 0 Å². The Morgan fingerprint density at radius 1 is 1.27 bits per heavy atom. The van der Waals surface area contributed by atoms with Crippen molar-refractivity contribution < 1.29 is 10.2 Å². The maximum atomic E-state index is 9.72. The second kappa shape index (κ2) is 6.38. The Morgan fingerprint density at radius 2 is 1.93 bits per heavy atom. The van der Waals surface area contributed by atoms with Crippen LogP contribution in [0, 0.1) is 0 Å². The van der Waals surface area contributed by atoms with Crippen molar-refractivity contribution in [3.05, 3.63) is 48.0 Å². The molecule has 2 heteroatoms. The van der Waals surface area contributed by atoms with Crippen LogP contribution in [0.1, 0.15) is 18.4 Å². The second-order valence-electron chi connectivity index (χ2n) is 3.79. The van der Waals surface area contributed by atoms with Crippen molar-refractivity contribution in [1.82, 2.24) is 0 Å². The summed E-state index contributed by atoms with van der Waals surface area (Å²) in [6.45, 7) is 3.70. The van der Waals surface area contributed by atoms with E-state index in [4.69, 9.17) is 5.11 Å². The van der Waals surface area contributed by atoms with Gasteiger partial charge < -0.3 is 10.2 Å². The largest absolute Gasteiger partial charge is 0.393 e. The minimum Gasteiger partial charge on any atom is -0.393 e. The molecular weight excluding hydrogens is 188 g/mol. The average Bonchev–Trinajstić information content (AvgIpc) is 2.27. The van der Waals surface area contributed by atoms with Gasteiger partial charge in [-0.15, -0.1) is 0 Å². The molecular formula is C13H18O2. The van der Waals surface area contributed by atoms with E-state index in [1.165, 1.54) is 0 Å². The molecule has 1 atom stereocenters. The van der Waals surface area contributed by atoms with E-state index in [1.54, 1.807) is 0 Å². The van der Waals surface area contributed by atoms with Gasteiger partial charge in [-0.05, 0) is 24.8 Å². The Bertz CT molecular complexity index is 293. The zero-order valence-corrected chi connectivity index (χ0v) is 8.89. The van der Waals surface area contributed by atoms with Crippen LogP contribution < -0.4 is 0 Å². The third-order valence-electron chi connectivity index (χ3n) is 2.37. The summed E-state index contributed by atoms with van der Waals surface area (Å²) in [4.78, 5) is 0. The van der Waals surface area contributed by atoms with Crippen LogP contribution in [0.3, 0.4) is 0 Å². The maximum Gasteiger partial charge on any atom is 0.0639 e. The lowest BCUT2D eigenvalue weighted by Crippen LogP contribution is -2.10. The van der Waals surface area contributed by atoms with E-state index in [0.29, 0.717) is 19.3 Å². The Balaban J connectivity index is 2.30. The first-order valence-corrected chi connectivity index (χ1v) is 5.22. The molecule has 2 N–H and O–H groups in total. The number of rotatable bonds is 6. The smallest absolute Gasteiger partial charge is 0.0639 e. The third-order valence-corrected chi connectivity index (χ3v) is 2.37. The number of aliphatic hydroxyl groups is 2. The molecule has 0 bridgehead atoms. The van der Waals surface area contributed by atoms with Crippen molar-refractivity contribution in [2.45, 2.75) is 25.4 Å². The predicted molar refractivity (Wildman–Crippen MR) is 61.6 cm³/mol. The molecule has 82 valence electrons. The molecule has 2 nitrogen and oxygen atoms in total. The van der Waals surface area contributed by atoms with Gasteiger partial charge in [0.2, 0.25) is 0 Å². The Morgan fingerprint density at radius 3 is 2.53 bits per heavy atom. The van der Waals surface area contributed by atoms with Gasteiger partial charge in [-0.25, -0.2) is 0 Å². The number of hydrogen-bond donors (Lipinski definition) is 2. The van der Waals surface area contributed by atoms with Gasteiger partial charge in [0.15, 0.2) is 0 Å². The number of hydrogen-bond acceptors (Lipinski definition) is 2. The second-order valence-corrected chi connectivity index (χ2v) is 3.79. The van der Waals surface area contributed by atoms with Gasteiger partial charge in [0.05, 0.1) is 12.7 Å². The molecule has 1 rings (SSSR count). The van der Waals surface area contributed by atoms with Crippen molar-refractivity contribution in [1.29, 1.82) is 0 Å². The average molecular weight is 206 g/mol. The van der Waals surface area contributed by atoms with Crippen LogP contribution in [0.2, 0.25) is 0 Å². The summed E-state index contributed by atoms with van der Waals surface area (Å²) in [6.07, 6.45) is 1.66. The first kappa shape index (κ1) is 12.0. The van der Waals surface area contributed by atoms with Crippen LogP contribution in [0.5, 0.6) is 0 Å². The monoisotopic (exact) mass is 206 g/mol. The Hall–Kier alpha value is -1.12. The van der Waals surface area contributed by atoms with Gasteiger partial charge >= 0.3 is 0 Å². The van der Waals surface area contributed by atoms with Gasteiger partial charge in [-0.2, -0.15) is 0 Å². The molecule has 0 aliphatic rings. The van der Waals surface area contributed by atoms with Crippen LogP contribution in [0.25, 0.3) is 0 Å². The molecule has 0 saturated heterocycles. The minimum atomic E-state index is -0.351. The van der Waals surface area contributed by atoms with Gasteiger partial charge in [-0.1, -0.05) is 42.5 Å². The first-order valence-electron chi connectivity index (χ1n) is 5.22. The molecule has 0 aliphatic carbocycles. The van der Waals surface area contributed by atoms with Crippen molar-refractivity contribution in [2.75, 3.05) is 6.61 Å². The first-order chi connectivity index (χ1) is 7.22. The summed E-state index contributed by atoms with van der Waals surface area (Å²) < 4.78 is 0. The number of aliphatic hydroxyl groups excluding tert-OH is 2. The lowest BCUT2D eigenvalue weighted by Gasteiger charge is -2.10. The van der Waals surface area contributed by atoms with E-state index in [-0.39, 0.29) is 12.7 Å². The van der Waals surface area contributed by atoms with Crippen LogP contribution in [0.4, 0.5) is 0 Å². The highest BCUT2D eigenvalue weighted by Crippen LogP contribution is 2.10. The molecule has 1 unspecified atom stereocenters. The normalized spacial score (nSPS) is 12.4. The van der Waals surface area contributed by atoms with Crippen molar-refractivity contribution in [3.8, 4) is 0 Å². The highest BCUT2D eigenvalue weighted by Gasteiger charge is 2.05. The predicted octanol–water partition coefficient (Wildman–Crippen LogP) is 1.92. The highest BCUT2D eigenvalue weighted by molar-refractivity contribution is 5.15. The molecule has 1 aromatic carbocycles. The SMILES string of the molecule is C=C(CO)CCC(O)Cc1ccccc1. The standard InChI is InChI=1S/C13H18O2/c1-11(10-14)7-8-13(15)9-12-5-3-2-4-6-12/h2-6,13-15H,1,7-10H2. The lowest BCUT2D eigenvalue weighted by molar-refractivity contribution is 0.163. The number of benzene rings is 1.